The molecule has 0 radical (unpaired) electrons. The molecule has 3 heterocycles. The highest BCUT2D eigenvalue weighted by Gasteiger charge is 2.27. The van der Waals surface area contributed by atoms with Gasteiger partial charge in [-0.3, -0.25) is 0 Å². The third-order valence-corrected chi connectivity index (χ3v) is 5.85. The zero-order valence-electron chi connectivity index (χ0n) is 16.2. The quantitative estimate of drug-likeness (QED) is 0.666. The van der Waals surface area contributed by atoms with Gasteiger partial charge in [0.2, 0.25) is 0 Å². The van der Waals surface area contributed by atoms with E-state index in [4.69, 9.17) is 14.7 Å². The van der Waals surface area contributed by atoms with Gasteiger partial charge in [-0.25, -0.2) is 9.97 Å². The van der Waals surface area contributed by atoms with Crippen molar-refractivity contribution >= 4 is 27.4 Å². The van der Waals surface area contributed by atoms with Gasteiger partial charge in [-0.05, 0) is 26.1 Å². The standard InChI is InChI=1S/C21H26N4OS/c1-4-16-13-26-11-10-25(16)20-19-17(15-8-6-5-7-9-15)14-27-21(19)23-18(22-20)12-24(2)3/h5-9,14,16H,4,10-13H2,1-3H3. The van der Waals surface area contributed by atoms with E-state index < -0.39 is 0 Å². The van der Waals surface area contributed by atoms with Crippen molar-refractivity contribution in [1.29, 1.82) is 0 Å². The minimum Gasteiger partial charge on any atom is -0.377 e. The van der Waals surface area contributed by atoms with Crippen LogP contribution in [0.2, 0.25) is 0 Å². The van der Waals surface area contributed by atoms with Gasteiger partial charge in [-0.2, -0.15) is 0 Å². The average molecular weight is 383 g/mol. The number of fused-ring (bicyclic) bond motifs is 1. The highest BCUT2D eigenvalue weighted by Crippen LogP contribution is 2.39. The lowest BCUT2D eigenvalue weighted by atomic mass is 10.0. The summed E-state index contributed by atoms with van der Waals surface area (Å²) in [4.78, 5) is 15.5. The molecule has 0 aliphatic carbocycles. The molecule has 3 aromatic rings. The molecule has 6 heteroatoms. The van der Waals surface area contributed by atoms with Gasteiger partial charge in [0.15, 0.2) is 0 Å². The molecule has 2 aromatic heterocycles. The van der Waals surface area contributed by atoms with Crippen molar-refractivity contribution in [3.63, 3.8) is 0 Å². The first-order valence-corrected chi connectivity index (χ1v) is 10.4. The van der Waals surface area contributed by atoms with E-state index in [9.17, 15) is 0 Å². The summed E-state index contributed by atoms with van der Waals surface area (Å²) in [7, 11) is 4.11. The molecule has 1 unspecified atom stereocenters. The van der Waals surface area contributed by atoms with E-state index in [1.54, 1.807) is 11.3 Å². The van der Waals surface area contributed by atoms with Crippen LogP contribution in [-0.4, -0.2) is 54.8 Å². The maximum atomic E-state index is 5.74. The van der Waals surface area contributed by atoms with Gasteiger partial charge in [0.1, 0.15) is 16.5 Å². The summed E-state index contributed by atoms with van der Waals surface area (Å²) >= 11 is 1.71. The first kappa shape index (κ1) is 18.3. The Hall–Kier alpha value is -2.02. The molecule has 1 aliphatic heterocycles. The normalized spacial score (nSPS) is 17.8. The molecule has 0 spiro atoms. The van der Waals surface area contributed by atoms with Crippen LogP contribution in [0.5, 0.6) is 0 Å². The molecule has 0 saturated carbocycles. The van der Waals surface area contributed by atoms with Gasteiger partial charge in [0, 0.05) is 17.5 Å². The summed E-state index contributed by atoms with van der Waals surface area (Å²) in [6.07, 6.45) is 1.04. The van der Waals surface area contributed by atoms with Gasteiger partial charge in [-0.15, -0.1) is 11.3 Å². The van der Waals surface area contributed by atoms with Gasteiger partial charge in [0.05, 0.1) is 31.2 Å². The molecule has 4 rings (SSSR count). The number of benzene rings is 1. The number of anilines is 1. The molecule has 5 nitrogen and oxygen atoms in total. The lowest BCUT2D eigenvalue weighted by Crippen LogP contribution is -2.45. The van der Waals surface area contributed by atoms with E-state index in [1.807, 2.05) is 0 Å². The molecule has 0 bridgehead atoms. The average Bonchev–Trinajstić information content (AvgIpc) is 3.11. The van der Waals surface area contributed by atoms with Crippen LogP contribution in [0.4, 0.5) is 5.82 Å². The van der Waals surface area contributed by atoms with Gasteiger partial charge in [-0.1, -0.05) is 37.3 Å². The number of rotatable bonds is 5. The Morgan fingerprint density at radius 2 is 2.04 bits per heavy atom. The number of nitrogens with zero attached hydrogens (tertiary/aromatic N) is 4. The van der Waals surface area contributed by atoms with Crippen molar-refractivity contribution in [3.8, 4) is 11.1 Å². The van der Waals surface area contributed by atoms with E-state index in [0.29, 0.717) is 6.04 Å². The first-order chi connectivity index (χ1) is 13.2. The van der Waals surface area contributed by atoms with Crippen LogP contribution in [0.3, 0.4) is 0 Å². The van der Waals surface area contributed by atoms with Crippen LogP contribution in [0.1, 0.15) is 19.2 Å². The number of hydrogen-bond acceptors (Lipinski definition) is 6. The largest absolute Gasteiger partial charge is 0.377 e. The topological polar surface area (TPSA) is 41.5 Å². The minimum absolute atomic E-state index is 0.354. The SMILES string of the molecule is CCC1COCCN1c1nc(CN(C)C)nc2scc(-c3ccccc3)c12. The van der Waals surface area contributed by atoms with Crippen LogP contribution in [0.15, 0.2) is 35.7 Å². The molecule has 1 fully saturated rings. The van der Waals surface area contributed by atoms with Crippen molar-refractivity contribution in [2.45, 2.75) is 25.9 Å². The van der Waals surface area contributed by atoms with E-state index in [2.05, 4.69) is 66.5 Å². The summed E-state index contributed by atoms with van der Waals surface area (Å²) in [6.45, 7) is 5.33. The fourth-order valence-corrected chi connectivity index (χ4v) is 4.59. The number of thiophene rings is 1. The zero-order valence-corrected chi connectivity index (χ0v) is 17.0. The van der Waals surface area contributed by atoms with Crippen LogP contribution < -0.4 is 4.90 Å². The summed E-state index contributed by atoms with van der Waals surface area (Å²) in [6, 6.07) is 10.9. The second kappa shape index (κ2) is 7.92. The second-order valence-electron chi connectivity index (χ2n) is 7.23. The van der Waals surface area contributed by atoms with Crippen LogP contribution in [0, 0.1) is 0 Å². The van der Waals surface area contributed by atoms with Gasteiger partial charge >= 0.3 is 0 Å². The lowest BCUT2D eigenvalue weighted by molar-refractivity contribution is 0.0927. The Labute approximate surface area is 164 Å². The Kier molecular flexibility index (Phi) is 5.38. The summed E-state index contributed by atoms with van der Waals surface area (Å²) in [5.41, 5.74) is 2.44. The summed E-state index contributed by atoms with van der Waals surface area (Å²) in [5.74, 6) is 1.94. The van der Waals surface area contributed by atoms with Crippen molar-refractivity contribution in [2.24, 2.45) is 0 Å². The monoisotopic (exact) mass is 382 g/mol. The second-order valence-corrected chi connectivity index (χ2v) is 8.09. The van der Waals surface area contributed by atoms with Crippen molar-refractivity contribution in [3.05, 3.63) is 41.5 Å². The Morgan fingerprint density at radius 1 is 1.22 bits per heavy atom. The highest BCUT2D eigenvalue weighted by atomic mass is 32.1. The molecule has 1 atom stereocenters. The third-order valence-electron chi connectivity index (χ3n) is 4.97. The van der Waals surface area contributed by atoms with Crippen molar-refractivity contribution in [1.82, 2.24) is 14.9 Å². The molecular formula is C21H26N4OS. The van der Waals surface area contributed by atoms with E-state index in [0.717, 1.165) is 49.2 Å². The van der Waals surface area contributed by atoms with Gasteiger partial charge < -0.3 is 14.5 Å². The first-order valence-electron chi connectivity index (χ1n) is 9.50. The summed E-state index contributed by atoms with van der Waals surface area (Å²) in [5, 5.41) is 3.40. The van der Waals surface area contributed by atoms with E-state index in [-0.39, 0.29) is 0 Å². The molecular weight excluding hydrogens is 356 g/mol. The van der Waals surface area contributed by atoms with Crippen LogP contribution in [-0.2, 0) is 11.3 Å². The fraction of sp³-hybridized carbons (Fsp3) is 0.429. The predicted octanol–water partition coefficient (Wildman–Crippen LogP) is 4.04. The molecule has 142 valence electrons. The third kappa shape index (κ3) is 3.70. The number of morpholine rings is 1. The number of hydrogen-bond donors (Lipinski definition) is 0. The van der Waals surface area contributed by atoms with Crippen molar-refractivity contribution < 1.29 is 4.74 Å². The van der Waals surface area contributed by atoms with E-state index in [1.165, 1.54) is 16.5 Å². The number of aromatic nitrogens is 2. The summed E-state index contributed by atoms with van der Waals surface area (Å²) < 4.78 is 5.74. The Morgan fingerprint density at radius 3 is 2.78 bits per heavy atom. The van der Waals surface area contributed by atoms with Crippen LogP contribution in [0.25, 0.3) is 21.3 Å². The molecule has 1 aliphatic rings. The van der Waals surface area contributed by atoms with Crippen LogP contribution >= 0.6 is 11.3 Å². The Balaban J connectivity index is 1.90. The zero-order chi connectivity index (χ0) is 18.8. The van der Waals surface area contributed by atoms with Crippen molar-refractivity contribution in [2.75, 3.05) is 38.8 Å². The predicted molar refractivity (Wildman–Crippen MR) is 112 cm³/mol. The highest BCUT2D eigenvalue weighted by molar-refractivity contribution is 7.17. The molecule has 1 saturated heterocycles. The molecule has 0 N–H and O–H groups in total. The maximum absolute atomic E-state index is 5.74. The molecule has 1 aromatic carbocycles. The fourth-order valence-electron chi connectivity index (χ4n) is 3.63. The Bertz CT molecular complexity index is 909. The molecule has 0 amide bonds. The minimum atomic E-state index is 0.354. The van der Waals surface area contributed by atoms with E-state index >= 15 is 0 Å². The lowest BCUT2D eigenvalue weighted by Gasteiger charge is -2.36. The number of ether oxygens (including phenoxy) is 1. The molecule has 27 heavy (non-hydrogen) atoms. The smallest absolute Gasteiger partial charge is 0.146 e. The van der Waals surface area contributed by atoms with Gasteiger partial charge in [0.25, 0.3) is 0 Å². The maximum Gasteiger partial charge on any atom is 0.146 e.